The summed E-state index contributed by atoms with van der Waals surface area (Å²) < 4.78 is 10.7. The maximum Gasteiger partial charge on any atom is 0.230 e. The summed E-state index contributed by atoms with van der Waals surface area (Å²) in [6.45, 7) is 1.31. The van der Waals surface area contributed by atoms with Gasteiger partial charge in [0.2, 0.25) is 5.91 Å². The summed E-state index contributed by atoms with van der Waals surface area (Å²) >= 11 is 1.27. The molecule has 6 nitrogen and oxygen atoms in total. The van der Waals surface area contributed by atoms with Gasteiger partial charge in [-0.15, -0.1) is 0 Å². The lowest BCUT2D eigenvalue weighted by Crippen LogP contribution is -2.32. The van der Waals surface area contributed by atoms with Crippen molar-refractivity contribution in [2.75, 3.05) is 26.0 Å². The maximum absolute atomic E-state index is 12.0. The Labute approximate surface area is 150 Å². The van der Waals surface area contributed by atoms with E-state index in [1.165, 1.54) is 11.8 Å². The van der Waals surface area contributed by atoms with E-state index >= 15 is 0 Å². The Morgan fingerprint density at radius 2 is 2.40 bits per heavy atom. The molecule has 1 saturated heterocycles. The number of benzene rings is 1. The Hall–Kier alpha value is -2.30. The summed E-state index contributed by atoms with van der Waals surface area (Å²) in [5.41, 5.74) is 1.22. The van der Waals surface area contributed by atoms with Crippen molar-refractivity contribution < 1.29 is 14.3 Å². The number of methoxy groups -OCH3 is 1. The number of carbonyl (C=O) groups is 1. The van der Waals surface area contributed by atoms with E-state index in [9.17, 15) is 10.1 Å². The Kier molecular flexibility index (Phi) is 5.74. The molecule has 1 fully saturated rings. The molecular weight excluding hydrogens is 338 g/mol. The molecule has 1 N–H and O–H groups in total. The Balaban J connectivity index is 1.65. The molecule has 0 saturated carbocycles. The molecule has 2 aromatic rings. The fraction of sp³-hybridized carbons (Fsp3) is 0.389. The van der Waals surface area contributed by atoms with Crippen molar-refractivity contribution in [1.29, 1.82) is 5.26 Å². The number of hydrogen-bond donors (Lipinski definition) is 1. The van der Waals surface area contributed by atoms with Crippen LogP contribution in [0.1, 0.15) is 18.4 Å². The number of ether oxygens (including phenoxy) is 2. The number of fused-ring (bicyclic) bond motifs is 1. The number of rotatable bonds is 6. The first kappa shape index (κ1) is 17.5. The topological polar surface area (TPSA) is 84.2 Å². The van der Waals surface area contributed by atoms with Crippen LogP contribution in [0.15, 0.2) is 29.3 Å². The average molecular weight is 357 g/mol. The number of thioether (sulfide) groups is 1. The van der Waals surface area contributed by atoms with Crippen molar-refractivity contribution in [2.24, 2.45) is 0 Å². The lowest BCUT2D eigenvalue weighted by molar-refractivity contribution is -0.119. The Morgan fingerprint density at radius 1 is 1.52 bits per heavy atom. The number of pyridine rings is 1. The van der Waals surface area contributed by atoms with E-state index in [4.69, 9.17) is 9.47 Å². The predicted molar refractivity (Wildman–Crippen MR) is 95.7 cm³/mol. The third kappa shape index (κ3) is 4.41. The highest BCUT2D eigenvalue weighted by molar-refractivity contribution is 8.00. The molecule has 0 spiro atoms. The van der Waals surface area contributed by atoms with Gasteiger partial charge < -0.3 is 14.8 Å². The van der Waals surface area contributed by atoms with Crippen LogP contribution >= 0.6 is 11.8 Å². The fourth-order valence-electron chi connectivity index (χ4n) is 2.67. The fourth-order valence-corrected chi connectivity index (χ4v) is 3.46. The number of aromatic nitrogens is 1. The summed E-state index contributed by atoms with van der Waals surface area (Å²) in [6, 6.07) is 9.43. The second-order valence-corrected chi connectivity index (χ2v) is 6.70. The minimum atomic E-state index is -0.0824. The molecule has 1 aromatic carbocycles. The Bertz CT molecular complexity index is 813. The van der Waals surface area contributed by atoms with Gasteiger partial charge in [0.1, 0.15) is 16.8 Å². The second kappa shape index (κ2) is 8.19. The first-order valence-corrected chi connectivity index (χ1v) is 9.08. The number of carbonyl (C=O) groups excluding carboxylic acids is 1. The number of hydrogen-bond acceptors (Lipinski definition) is 6. The zero-order valence-electron chi connectivity index (χ0n) is 13.9. The molecular formula is C18H19N3O3S. The van der Waals surface area contributed by atoms with E-state index in [1.54, 1.807) is 13.2 Å². The quantitative estimate of drug-likeness (QED) is 0.800. The lowest BCUT2D eigenvalue weighted by atomic mass is 10.1. The minimum absolute atomic E-state index is 0.0824. The molecule has 2 heterocycles. The normalized spacial score (nSPS) is 16.6. The SMILES string of the molecule is COc1ccc2nc(SCC(=O)NC[C@H]3CCCO3)c(C#N)cc2c1. The second-order valence-electron chi connectivity index (χ2n) is 5.74. The molecule has 0 aliphatic carbocycles. The molecule has 1 aliphatic rings. The van der Waals surface area contributed by atoms with Crippen LogP contribution in [0.4, 0.5) is 0 Å². The van der Waals surface area contributed by atoms with Crippen LogP contribution in [0.3, 0.4) is 0 Å². The molecule has 1 aromatic heterocycles. The Morgan fingerprint density at radius 3 is 3.12 bits per heavy atom. The molecule has 130 valence electrons. The highest BCUT2D eigenvalue weighted by Gasteiger charge is 2.16. The van der Waals surface area contributed by atoms with Crippen LogP contribution in [0.5, 0.6) is 5.75 Å². The average Bonchev–Trinajstić information content (AvgIpc) is 3.17. The zero-order valence-corrected chi connectivity index (χ0v) is 14.8. The molecule has 1 atom stereocenters. The van der Waals surface area contributed by atoms with Gasteiger partial charge in [0.05, 0.1) is 30.0 Å². The van der Waals surface area contributed by atoms with Gasteiger partial charge in [-0.2, -0.15) is 5.26 Å². The number of amides is 1. The van der Waals surface area contributed by atoms with E-state index in [0.29, 0.717) is 22.9 Å². The van der Waals surface area contributed by atoms with Gasteiger partial charge in [-0.05, 0) is 37.1 Å². The van der Waals surface area contributed by atoms with Crippen LogP contribution in [-0.4, -0.2) is 43.0 Å². The number of nitrogens with zero attached hydrogens (tertiary/aromatic N) is 2. The van der Waals surface area contributed by atoms with Gasteiger partial charge in [-0.1, -0.05) is 11.8 Å². The number of nitrogens with one attached hydrogen (secondary N) is 1. The van der Waals surface area contributed by atoms with E-state index in [1.807, 2.05) is 18.2 Å². The standard InChI is InChI=1S/C18H19N3O3S/c1-23-14-4-5-16-12(8-14)7-13(9-19)18(21-16)25-11-17(22)20-10-15-3-2-6-24-15/h4-5,7-8,15H,2-3,6,10-11H2,1H3,(H,20,22)/t15-/m1/s1. The summed E-state index contributed by atoms with van der Waals surface area (Å²) in [5.74, 6) is 0.851. The van der Waals surface area contributed by atoms with E-state index < -0.39 is 0 Å². The maximum atomic E-state index is 12.0. The van der Waals surface area contributed by atoms with Gasteiger partial charge >= 0.3 is 0 Å². The van der Waals surface area contributed by atoms with Crippen LogP contribution in [0.2, 0.25) is 0 Å². The van der Waals surface area contributed by atoms with Crippen LogP contribution in [0, 0.1) is 11.3 Å². The molecule has 0 unspecified atom stereocenters. The molecule has 0 bridgehead atoms. The highest BCUT2D eigenvalue weighted by atomic mass is 32.2. The summed E-state index contributed by atoms with van der Waals surface area (Å²) in [7, 11) is 1.60. The van der Waals surface area contributed by atoms with Gasteiger partial charge in [-0.3, -0.25) is 4.79 Å². The third-order valence-electron chi connectivity index (χ3n) is 4.00. The first-order chi connectivity index (χ1) is 12.2. The summed E-state index contributed by atoms with van der Waals surface area (Å²) in [4.78, 5) is 16.5. The number of nitriles is 1. The van der Waals surface area contributed by atoms with E-state index in [2.05, 4.69) is 16.4 Å². The van der Waals surface area contributed by atoms with Crippen molar-refractivity contribution in [1.82, 2.24) is 10.3 Å². The lowest BCUT2D eigenvalue weighted by Gasteiger charge is -2.11. The van der Waals surface area contributed by atoms with Crippen LogP contribution < -0.4 is 10.1 Å². The molecule has 7 heteroatoms. The third-order valence-corrected chi connectivity index (χ3v) is 4.99. The molecule has 25 heavy (non-hydrogen) atoms. The summed E-state index contributed by atoms with van der Waals surface area (Å²) in [5, 5.41) is 13.6. The van der Waals surface area contributed by atoms with Crippen molar-refractivity contribution in [3.8, 4) is 11.8 Å². The van der Waals surface area contributed by atoms with Gasteiger partial charge in [0.25, 0.3) is 0 Å². The first-order valence-electron chi connectivity index (χ1n) is 8.09. The van der Waals surface area contributed by atoms with Crippen LogP contribution in [-0.2, 0) is 9.53 Å². The predicted octanol–water partition coefficient (Wildman–Crippen LogP) is 2.50. The zero-order chi connectivity index (χ0) is 17.6. The van der Waals surface area contributed by atoms with E-state index in [0.717, 1.165) is 30.4 Å². The summed E-state index contributed by atoms with van der Waals surface area (Å²) in [6.07, 6.45) is 2.16. The highest BCUT2D eigenvalue weighted by Crippen LogP contribution is 2.26. The van der Waals surface area contributed by atoms with E-state index in [-0.39, 0.29) is 17.8 Å². The van der Waals surface area contributed by atoms with Crippen LogP contribution in [0.25, 0.3) is 10.9 Å². The molecule has 3 rings (SSSR count). The molecule has 0 radical (unpaired) electrons. The van der Waals surface area contributed by atoms with Crippen molar-refractivity contribution in [3.05, 3.63) is 29.8 Å². The monoisotopic (exact) mass is 357 g/mol. The van der Waals surface area contributed by atoms with Gasteiger partial charge in [0, 0.05) is 18.5 Å². The van der Waals surface area contributed by atoms with Crippen molar-refractivity contribution in [2.45, 2.75) is 24.0 Å². The largest absolute Gasteiger partial charge is 0.497 e. The van der Waals surface area contributed by atoms with Crippen molar-refractivity contribution in [3.63, 3.8) is 0 Å². The molecule has 1 amide bonds. The minimum Gasteiger partial charge on any atom is -0.497 e. The van der Waals surface area contributed by atoms with Gasteiger partial charge in [0.15, 0.2) is 0 Å². The van der Waals surface area contributed by atoms with Gasteiger partial charge in [-0.25, -0.2) is 4.98 Å². The molecule has 1 aliphatic heterocycles. The smallest absolute Gasteiger partial charge is 0.230 e. The van der Waals surface area contributed by atoms with Crippen molar-refractivity contribution >= 4 is 28.6 Å².